The minimum atomic E-state index is -3.78. The maximum Gasteiger partial charge on any atom is 0.344 e. The molecule has 1 heterocycles. The van der Waals surface area contributed by atoms with Crippen molar-refractivity contribution in [1.82, 2.24) is 4.31 Å². The lowest BCUT2D eigenvalue weighted by Crippen LogP contribution is -2.35. The van der Waals surface area contributed by atoms with Crippen LogP contribution in [-0.4, -0.2) is 65.1 Å². The highest BCUT2D eigenvalue weighted by molar-refractivity contribution is 7.89. The summed E-state index contributed by atoms with van der Waals surface area (Å²) in [4.78, 5) is 24.2. The number of carbonyl (C=O) groups is 2. The molecule has 1 amide bonds. The molecule has 11 heteroatoms. The molecule has 1 aliphatic heterocycles. The summed E-state index contributed by atoms with van der Waals surface area (Å²) in [5.74, 6) is -0.361. The first-order valence-corrected chi connectivity index (χ1v) is 12.2. The third-order valence-electron chi connectivity index (χ3n) is 5.16. The zero-order valence-corrected chi connectivity index (χ0v) is 19.9. The fraction of sp³-hybridized carbons (Fsp3) is 0.391. The summed E-state index contributed by atoms with van der Waals surface area (Å²) in [5.41, 5.74) is 0.239. The Labute approximate surface area is 198 Å². The number of sulfonamides is 1. The Hall–Kier alpha value is -3.31. The van der Waals surface area contributed by atoms with E-state index in [4.69, 9.17) is 18.9 Å². The van der Waals surface area contributed by atoms with Crippen molar-refractivity contribution in [3.05, 3.63) is 42.5 Å². The average Bonchev–Trinajstić information content (AvgIpc) is 2.86. The number of ether oxygens (including phenoxy) is 4. The molecule has 1 fully saturated rings. The summed E-state index contributed by atoms with van der Waals surface area (Å²) < 4.78 is 48.3. The molecule has 0 radical (unpaired) electrons. The lowest BCUT2D eigenvalue weighted by Gasteiger charge is -2.26. The number of piperidine rings is 1. The molecular weight excluding hydrogens is 464 g/mol. The summed E-state index contributed by atoms with van der Waals surface area (Å²) in [6.45, 7) is -0.0906. The van der Waals surface area contributed by atoms with Crippen LogP contribution in [0.15, 0.2) is 47.4 Å². The van der Waals surface area contributed by atoms with E-state index in [9.17, 15) is 18.0 Å². The van der Waals surface area contributed by atoms with Crippen molar-refractivity contribution >= 4 is 27.6 Å². The van der Waals surface area contributed by atoms with Crippen LogP contribution in [0, 0.1) is 0 Å². The Balaban J connectivity index is 1.58. The number of para-hydroxylation sites is 2. The van der Waals surface area contributed by atoms with E-state index in [1.54, 1.807) is 24.3 Å². The van der Waals surface area contributed by atoms with E-state index in [0.29, 0.717) is 24.6 Å². The number of anilines is 1. The molecule has 0 spiro atoms. The van der Waals surface area contributed by atoms with E-state index >= 15 is 0 Å². The highest BCUT2D eigenvalue weighted by atomic mass is 32.2. The van der Waals surface area contributed by atoms with Gasteiger partial charge in [-0.1, -0.05) is 18.6 Å². The van der Waals surface area contributed by atoms with Crippen LogP contribution in [0.2, 0.25) is 0 Å². The zero-order chi connectivity index (χ0) is 24.6. The quantitative estimate of drug-likeness (QED) is 0.502. The van der Waals surface area contributed by atoms with Gasteiger partial charge in [0.1, 0.15) is 10.6 Å². The largest absolute Gasteiger partial charge is 0.495 e. The number of hydrogen-bond acceptors (Lipinski definition) is 8. The summed E-state index contributed by atoms with van der Waals surface area (Å²) in [6, 6.07) is 11.1. The van der Waals surface area contributed by atoms with Crippen molar-refractivity contribution in [2.75, 3.05) is 45.8 Å². The Kier molecular flexibility index (Phi) is 8.72. The van der Waals surface area contributed by atoms with Gasteiger partial charge < -0.3 is 24.3 Å². The van der Waals surface area contributed by atoms with Gasteiger partial charge in [0.2, 0.25) is 10.0 Å². The number of methoxy groups -OCH3 is 2. The van der Waals surface area contributed by atoms with Gasteiger partial charge in [-0.3, -0.25) is 4.79 Å². The van der Waals surface area contributed by atoms with Crippen LogP contribution in [0.4, 0.5) is 5.69 Å². The molecule has 0 bridgehead atoms. The first kappa shape index (κ1) is 25.3. The van der Waals surface area contributed by atoms with E-state index in [2.05, 4.69) is 5.32 Å². The second kappa shape index (κ2) is 11.7. The SMILES string of the molecule is COc1ccccc1OCC(=O)OCC(=O)Nc1ccc(OC)c(S(=O)(=O)N2CCCCC2)c1. The van der Waals surface area contributed by atoms with Crippen molar-refractivity contribution < 1.29 is 37.0 Å². The van der Waals surface area contributed by atoms with Crippen LogP contribution in [0.3, 0.4) is 0 Å². The summed E-state index contributed by atoms with van der Waals surface area (Å²) in [5, 5.41) is 2.54. The number of benzene rings is 2. The molecule has 2 aromatic carbocycles. The highest BCUT2D eigenvalue weighted by Crippen LogP contribution is 2.31. The van der Waals surface area contributed by atoms with Gasteiger partial charge in [-0.25, -0.2) is 13.2 Å². The lowest BCUT2D eigenvalue weighted by molar-refractivity contribution is -0.149. The molecule has 184 valence electrons. The van der Waals surface area contributed by atoms with Gasteiger partial charge in [0.05, 0.1) is 14.2 Å². The molecule has 0 saturated carbocycles. The maximum absolute atomic E-state index is 13.1. The third kappa shape index (κ3) is 6.39. The van der Waals surface area contributed by atoms with Gasteiger partial charge >= 0.3 is 5.97 Å². The number of rotatable bonds is 10. The van der Waals surface area contributed by atoms with E-state index < -0.39 is 35.1 Å². The Morgan fingerprint density at radius 2 is 1.59 bits per heavy atom. The van der Waals surface area contributed by atoms with E-state index in [-0.39, 0.29) is 16.3 Å². The van der Waals surface area contributed by atoms with Gasteiger partial charge in [0, 0.05) is 18.8 Å². The van der Waals surface area contributed by atoms with Gasteiger partial charge in [-0.2, -0.15) is 4.31 Å². The second-order valence-electron chi connectivity index (χ2n) is 7.48. The topological polar surface area (TPSA) is 120 Å². The van der Waals surface area contributed by atoms with Crippen LogP contribution in [-0.2, 0) is 24.3 Å². The van der Waals surface area contributed by atoms with E-state index in [0.717, 1.165) is 19.3 Å². The Bertz CT molecular complexity index is 1110. The number of nitrogens with one attached hydrogen (secondary N) is 1. The van der Waals surface area contributed by atoms with Crippen LogP contribution in [0.5, 0.6) is 17.2 Å². The van der Waals surface area contributed by atoms with Gasteiger partial charge in [0.15, 0.2) is 24.7 Å². The van der Waals surface area contributed by atoms with Gasteiger partial charge in [-0.15, -0.1) is 0 Å². The van der Waals surface area contributed by atoms with Crippen molar-refractivity contribution in [2.45, 2.75) is 24.2 Å². The molecule has 1 aliphatic rings. The predicted molar refractivity (Wildman–Crippen MR) is 124 cm³/mol. The first-order chi connectivity index (χ1) is 16.3. The average molecular weight is 493 g/mol. The van der Waals surface area contributed by atoms with Crippen LogP contribution < -0.4 is 19.5 Å². The molecule has 0 unspecified atom stereocenters. The van der Waals surface area contributed by atoms with Crippen molar-refractivity contribution in [2.24, 2.45) is 0 Å². The molecule has 0 aromatic heterocycles. The minimum Gasteiger partial charge on any atom is -0.495 e. The number of amides is 1. The van der Waals surface area contributed by atoms with Gasteiger partial charge in [0.25, 0.3) is 5.91 Å². The highest BCUT2D eigenvalue weighted by Gasteiger charge is 2.29. The van der Waals surface area contributed by atoms with Crippen molar-refractivity contribution in [3.8, 4) is 17.2 Å². The fourth-order valence-corrected chi connectivity index (χ4v) is 5.16. The second-order valence-corrected chi connectivity index (χ2v) is 9.39. The molecule has 0 aliphatic carbocycles. The lowest BCUT2D eigenvalue weighted by atomic mass is 10.2. The summed E-state index contributed by atoms with van der Waals surface area (Å²) in [7, 11) is -0.920. The standard InChI is InChI=1S/C23H28N2O8S/c1-30-18-8-4-5-9-19(18)32-16-23(27)33-15-22(26)24-17-10-11-20(31-2)21(14-17)34(28,29)25-12-6-3-7-13-25/h4-5,8-11,14H,3,6-7,12-13,15-16H2,1-2H3,(H,24,26). The molecule has 34 heavy (non-hydrogen) atoms. The molecule has 1 saturated heterocycles. The third-order valence-corrected chi connectivity index (χ3v) is 7.08. The fourth-order valence-electron chi connectivity index (χ4n) is 3.46. The summed E-state index contributed by atoms with van der Waals surface area (Å²) in [6.07, 6.45) is 2.58. The first-order valence-electron chi connectivity index (χ1n) is 10.7. The molecule has 2 aromatic rings. The molecule has 1 N–H and O–H groups in total. The van der Waals surface area contributed by atoms with Crippen molar-refractivity contribution in [3.63, 3.8) is 0 Å². The monoisotopic (exact) mass is 492 g/mol. The van der Waals surface area contributed by atoms with Crippen LogP contribution >= 0.6 is 0 Å². The minimum absolute atomic E-state index is 0.0306. The molecule has 10 nitrogen and oxygen atoms in total. The Morgan fingerprint density at radius 3 is 2.26 bits per heavy atom. The molecule has 0 atom stereocenters. The predicted octanol–water partition coefficient (Wildman–Crippen LogP) is 2.44. The van der Waals surface area contributed by atoms with E-state index in [1.165, 1.54) is 36.7 Å². The normalized spacial score (nSPS) is 14.2. The van der Waals surface area contributed by atoms with E-state index in [1.807, 2.05) is 0 Å². The van der Waals surface area contributed by atoms with Crippen LogP contribution in [0.25, 0.3) is 0 Å². The van der Waals surface area contributed by atoms with Crippen LogP contribution in [0.1, 0.15) is 19.3 Å². The number of carbonyl (C=O) groups excluding carboxylic acids is 2. The molecule has 3 rings (SSSR count). The number of nitrogens with zero attached hydrogens (tertiary/aromatic N) is 1. The van der Waals surface area contributed by atoms with Crippen molar-refractivity contribution in [1.29, 1.82) is 0 Å². The Morgan fingerprint density at radius 1 is 0.912 bits per heavy atom. The maximum atomic E-state index is 13.1. The molecular formula is C23H28N2O8S. The number of hydrogen-bond donors (Lipinski definition) is 1. The zero-order valence-electron chi connectivity index (χ0n) is 19.1. The number of esters is 1. The van der Waals surface area contributed by atoms with Gasteiger partial charge in [-0.05, 0) is 43.2 Å². The summed E-state index contributed by atoms with van der Waals surface area (Å²) >= 11 is 0. The smallest absolute Gasteiger partial charge is 0.344 e.